The van der Waals surface area contributed by atoms with Gasteiger partial charge in [0.25, 0.3) is 0 Å². The van der Waals surface area contributed by atoms with Crippen molar-refractivity contribution < 1.29 is 410 Å². The predicted molar refractivity (Wildman–Crippen MR) is 37.0 cm³/mol. The van der Waals surface area contributed by atoms with Crippen LogP contribution in [0.15, 0.2) is 0 Å². The molecule has 0 amide bonds. The molecule has 0 heterocycles. The molecule has 0 saturated carbocycles. The van der Waals surface area contributed by atoms with E-state index >= 15 is 0 Å². The second-order valence-electron chi connectivity index (χ2n) is 0. The fourth-order valence-corrected chi connectivity index (χ4v) is 0. The van der Waals surface area contributed by atoms with Crippen molar-refractivity contribution in [2.75, 3.05) is 0 Å². The largest absolute Gasteiger partial charge is 0.171 e. The summed E-state index contributed by atoms with van der Waals surface area (Å²) in [5.74, 6) is 0. The first-order chi connectivity index (χ1) is 2.00. The maximum absolute atomic E-state index is 9.47. The number of hydrogen-bond acceptors (Lipinski definition) is 0. The van der Waals surface area contributed by atoms with Gasteiger partial charge in [0.2, 0.25) is 0 Å². The first-order valence-electron chi connectivity index (χ1n) is 0.286. The zero-order chi connectivity index (χ0) is 4.00. The zero-order valence-electron chi connectivity index (χ0n) is 9.41. The van der Waals surface area contributed by atoms with Gasteiger partial charge in [0, 0.05) is 404 Å². The molecule has 0 nitrogen and oxygen atoms in total. The monoisotopic (exact) mass is 2890 g/mol. The summed E-state index contributed by atoms with van der Waals surface area (Å²) in [7, 11) is 0. The molecule has 2 radical (unpaired) electrons. The number of halogens is 4. The van der Waals surface area contributed by atoms with E-state index in [1.54, 1.807) is 0 Å². The Bertz CT molecular complexity index is 49.5. The molecule has 0 aromatic heterocycles. The average molecular weight is 2890 g/mol. The van der Waals surface area contributed by atoms with Crippen LogP contribution in [-0.4, -0.2) is 0 Å². The molecule has 0 aliphatic carbocycles. The molecule has 0 aliphatic heterocycles. The van der Waals surface area contributed by atoms with Gasteiger partial charge in [-0.1, -0.05) is 7.43 Å². The Hall–Kier alpha value is 9.18. The topological polar surface area (TPSA) is 0 Å². The Balaban J connectivity index is -0.000000000157. The van der Waals surface area contributed by atoms with E-state index in [1.807, 2.05) is 0 Å². The Kier molecular flexibility index (Phi) is 1940. The molecule has 0 saturated heterocycles. The third kappa shape index (κ3) is 205. The van der Waals surface area contributed by atoms with Gasteiger partial charge in [-0.3, -0.25) is 0 Å². The molecule has 0 rings (SSSR count). The zero-order valence-corrected chi connectivity index (χ0v) is 71.2. The van der Waals surface area contributed by atoms with Crippen LogP contribution in [0.1, 0.15) is 7.43 Å². The van der Waals surface area contributed by atoms with Crippen molar-refractivity contribution in [2.45, 2.75) is 7.43 Å². The Labute approximate surface area is 445 Å². The summed E-state index contributed by atoms with van der Waals surface area (Å²) < 4.78 is 18.9. The van der Waals surface area contributed by atoms with Crippen LogP contribution in [0.25, 0.3) is 0 Å². The minimum Gasteiger partial charge on any atom is -0.171 e. The van der Waals surface area contributed by atoms with E-state index in [2.05, 4.69) is 0 Å². The van der Waals surface area contributed by atoms with Crippen LogP contribution < -0.4 is 0 Å². The molecule has 0 unspecified atom stereocenters. The van der Waals surface area contributed by atoms with Crippen LogP contribution in [0, 0.1) is 352 Å². The molecule has 0 N–H and O–H groups in total. The summed E-state index contributed by atoms with van der Waals surface area (Å²) in [6.45, 7) is 0. The third-order valence-corrected chi connectivity index (χ3v) is 0. The summed E-state index contributed by atoms with van der Waals surface area (Å²) in [6.07, 6.45) is 0. The van der Waals surface area contributed by atoms with Crippen LogP contribution in [0.2, 0.25) is 0 Å². The second-order valence-corrected chi connectivity index (χ2v) is 0. The predicted octanol–water partition coefficient (Wildman–Crippen LogP) is 3.24. The molecular weight excluding hydrogens is 2880 g/mol. The smallest absolute Gasteiger partial charge is 0.171 e. The van der Waals surface area contributed by atoms with Crippen molar-refractivity contribution in [1.82, 2.24) is 0 Å². The molecule has 0 aromatic rings. The minimum absolute atomic E-state index is 0. The van der Waals surface area contributed by atoms with E-state index < -0.39 is 0 Å². The van der Waals surface area contributed by atoms with Gasteiger partial charge in [0.05, 0.1) is 0 Å². The van der Waals surface area contributed by atoms with Crippen molar-refractivity contribution in [3.63, 3.8) is 0 Å². The summed E-state index contributed by atoms with van der Waals surface area (Å²) in [6, 6.07) is 0. The van der Waals surface area contributed by atoms with Gasteiger partial charge in [-0.25, -0.2) is 0 Å². The van der Waals surface area contributed by atoms with E-state index in [0.717, 1.165) is 0 Å². The van der Waals surface area contributed by atoms with E-state index in [4.69, 9.17) is 0 Å². The molecular formula is CH4Ce5F2Hs5I2Rn2Sc2. The molecule has 0 fully saturated rings. The molecule has 0 atom stereocenters. The Morgan fingerprint density at radius 1 is 0.421 bits per heavy atom. The van der Waals surface area contributed by atoms with Gasteiger partial charge >= 0.3 is 0 Å². The molecule has 0 spiro atoms. The summed E-state index contributed by atoms with van der Waals surface area (Å²) in [5.41, 5.74) is 0. The third-order valence-electron chi connectivity index (χ3n) is 0. The maximum Gasteiger partial charge on any atom is 0.171 e. The first kappa shape index (κ1) is 167. The molecule has 0 aromatic carbocycles. The summed E-state index contributed by atoms with van der Waals surface area (Å²) in [5, 5.41) is 0. The van der Waals surface area contributed by atoms with Gasteiger partial charge in [-0.2, -0.15) is 5.72 Å². The Morgan fingerprint density at radius 2 is 0.421 bits per heavy atom. The molecule has 19 heavy (non-hydrogen) atoms. The first-order valence-corrected chi connectivity index (χ1v) is 1.92. The number of hydrogen-bond donors (Lipinski definition) is 0. The maximum atomic E-state index is 9.47. The van der Waals surface area contributed by atoms with Gasteiger partial charge in [0.15, 0.2) is 46.3 Å². The summed E-state index contributed by atoms with van der Waals surface area (Å²) in [4.78, 5) is 0. The van der Waals surface area contributed by atoms with Crippen LogP contribution >= 0.6 is 46.3 Å². The molecule has 0 bridgehead atoms. The van der Waals surface area contributed by atoms with Crippen molar-refractivity contribution in [2.24, 2.45) is 0 Å². The molecule has 0 aliphatic rings. The van der Waals surface area contributed by atoms with Crippen LogP contribution in [-0.2, 0) is 51.7 Å². The van der Waals surface area contributed by atoms with E-state index in [0.29, 0.717) is 46.3 Å². The summed E-state index contributed by atoms with van der Waals surface area (Å²) >= 11 is 1.30. The molecule has 88 valence electrons. The van der Waals surface area contributed by atoms with Gasteiger partial charge in [0.1, 0.15) is 0 Å². The van der Waals surface area contributed by atoms with Gasteiger partial charge in [-0.05, 0) is 0 Å². The fraction of sp³-hybridized carbons (Fsp3) is 1.00. The number of rotatable bonds is 0. The van der Waals surface area contributed by atoms with Crippen molar-refractivity contribution >= 4 is 46.3 Å². The average Bonchev–Trinajstić information content (AvgIpc) is 1.50. The standard InChI is InChI=1S/CH4.5Ce.2FI.5Hs.2Rn.2Sc/c;;;;;;2*1-2;;;;;;;;;/h1H4;;;;;;;;;;;;;;;;. The SMILES string of the molecule is C.FI.FI.[Ce].[Ce].[Ce].[Ce].[Ce].[Hs].[Hs].[Hs].[Hs].[Hs].[Rn].[Rn].[Sc].[Sc]. The van der Waals surface area contributed by atoms with E-state index in [9.17, 15) is 5.72 Å². The van der Waals surface area contributed by atoms with Crippen molar-refractivity contribution in [3.05, 3.63) is 0 Å². The van der Waals surface area contributed by atoms with Crippen LogP contribution in [0.3, 0.4) is 0 Å². The van der Waals surface area contributed by atoms with E-state index in [1.165, 1.54) is 0 Å². The normalized spacial score (nSPS) is 0.632. The van der Waals surface area contributed by atoms with Crippen molar-refractivity contribution in [1.29, 1.82) is 0 Å². The fourth-order valence-electron chi connectivity index (χ4n) is 0. The quantitative estimate of drug-likeness (QED) is 0.328. The van der Waals surface area contributed by atoms with Crippen molar-refractivity contribution in [3.8, 4) is 0 Å². The van der Waals surface area contributed by atoms with E-state index in [-0.39, 0.29) is 412 Å². The van der Waals surface area contributed by atoms with Gasteiger partial charge < -0.3 is 0 Å². The second kappa shape index (κ2) is 221. The van der Waals surface area contributed by atoms with Gasteiger partial charge in [-0.15, -0.1) is 0 Å². The van der Waals surface area contributed by atoms with Crippen LogP contribution in [0.4, 0.5) is 5.72 Å². The van der Waals surface area contributed by atoms with Crippen LogP contribution in [0.5, 0.6) is 0 Å². The molecule has 18 heteroatoms. The Morgan fingerprint density at radius 3 is 0.421 bits per heavy atom. The minimum atomic E-state index is 0.